The molecule has 0 aromatic heterocycles. The summed E-state index contributed by atoms with van der Waals surface area (Å²) in [6, 6.07) is 11.8. The van der Waals surface area contributed by atoms with Gasteiger partial charge >= 0.3 is 6.09 Å². The van der Waals surface area contributed by atoms with Crippen molar-refractivity contribution in [2.75, 3.05) is 26.3 Å². The maximum absolute atomic E-state index is 13.4. The van der Waals surface area contributed by atoms with Crippen LogP contribution in [0, 0.1) is 10.1 Å². The van der Waals surface area contributed by atoms with Crippen LogP contribution < -0.4 is 0 Å². The number of carbonyl (C=O) groups excluding carboxylic acids is 1. The van der Waals surface area contributed by atoms with Gasteiger partial charge in [-0.3, -0.25) is 15.0 Å². The lowest BCUT2D eigenvalue weighted by atomic mass is 10.0. The van der Waals surface area contributed by atoms with Crippen LogP contribution in [0.25, 0.3) is 0 Å². The number of ether oxygens (including phenoxy) is 1. The van der Waals surface area contributed by atoms with Crippen molar-refractivity contribution in [2.24, 2.45) is 0 Å². The molecule has 1 saturated heterocycles. The summed E-state index contributed by atoms with van der Waals surface area (Å²) < 4.78 is 33.0. The highest BCUT2D eigenvalue weighted by Gasteiger charge is 2.43. The van der Waals surface area contributed by atoms with Gasteiger partial charge in [-0.1, -0.05) is 43.0 Å². The summed E-state index contributed by atoms with van der Waals surface area (Å²) in [4.78, 5) is 24.2. The van der Waals surface area contributed by atoms with Crippen molar-refractivity contribution in [3.8, 4) is 0 Å². The van der Waals surface area contributed by atoms with Gasteiger partial charge < -0.3 is 9.84 Å². The van der Waals surface area contributed by atoms with E-state index in [1.54, 1.807) is 30.3 Å². The van der Waals surface area contributed by atoms with Crippen molar-refractivity contribution >= 4 is 21.8 Å². The van der Waals surface area contributed by atoms with Crippen LogP contribution in [0.15, 0.2) is 72.1 Å². The number of amides is 1. The lowest BCUT2D eigenvalue weighted by Gasteiger charge is -2.44. The maximum atomic E-state index is 13.4. The highest BCUT2D eigenvalue weighted by atomic mass is 32.2. The van der Waals surface area contributed by atoms with Gasteiger partial charge in [-0.05, 0) is 17.7 Å². The Balaban J connectivity index is 1.98. The van der Waals surface area contributed by atoms with Crippen LogP contribution in [0.1, 0.15) is 11.6 Å². The van der Waals surface area contributed by atoms with Gasteiger partial charge in [0.05, 0.1) is 28.5 Å². The van der Waals surface area contributed by atoms with Gasteiger partial charge in [-0.15, -0.1) is 0 Å². The minimum Gasteiger partial charge on any atom is -0.445 e. The van der Waals surface area contributed by atoms with Crippen LogP contribution in [-0.2, 0) is 14.8 Å². The first-order valence-electron chi connectivity index (χ1n) is 9.76. The summed E-state index contributed by atoms with van der Waals surface area (Å²) in [7, 11) is -4.12. The van der Waals surface area contributed by atoms with Gasteiger partial charge in [-0.2, -0.15) is 4.31 Å². The molecule has 1 amide bonds. The highest BCUT2D eigenvalue weighted by Crippen LogP contribution is 2.32. The SMILES string of the molecule is C=CCOC(=O)N1C[C@@H](CO)N(S(=O)(=O)c2ccc([N+](=O)[O-])cc2)C[C@@H]1c1ccccc1. The molecule has 2 atom stereocenters. The molecule has 0 unspecified atom stereocenters. The van der Waals surface area contributed by atoms with Gasteiger partial charge in [0.15, 0.2) is 0 Å². The zero-order valence-corrected chi connectivity index (χ0v) is 17.9. The Bertz CT molecular complexity index is 1070. The minimum absolute atomic E-state index is 0.00849. The number of hydrogen-bond donors (Lipinski definition) is 1. The molecule has 0 radical (unpaired) electrons. The first kappa shape index (κ1) is 23.4. The van der Waals surface area contributed by atoms with E-state index in [4.69, 9.17) is 4.74 Å². The summed E-state index contributed by atoms with van der Waals surface area (Å²) in [5.41, 5.74) is 0.461. The summed E-state index contributed by atoms with van der Waals surface area (Å²) in [5.74, 6) is 0. The Kier molecular flexibility index (Phi) is 7.23. The highest BCUT2D eigenvalue weighted by molar-refractivity contribution is 7.89. The average molecular weight is 461 g/mol. The van der Waals surface area contributed by atoms with Crippen LogP contribution >= 0.6 is 0 Å². The summed E-state index contributed by atoms with van der Waals surface area (Å²) in [6.07, 6.45) is 0.776. The molecule has 0 aliphatic carbocycles. The fraction of sp³-hybridized carbons (Fsp3) is 0.286. The zero-order valence-electron chi connectivity index (χ0n) is 17.1. The largest absolute Gasteiger partial charge is 0.445 e. The van der Waals surface area contributed by atoms with E-state index in [1.807, 2.05) is 0 Å². The van der Waals surface area contributed by atoms with E-state index >= 15 is 0 Å². The fourth-order valence-electron chi connectivity index (χ4n) is 3.56. The molecule has 1 N–H and O–H groups in total. The second-order valence-electron chi connectivity index (χ2n) is 7.11. The molecule has 10 nitrogen and oxygen atoms in total. The number of nitrogens with zero attached hydrogens (tertiary/aromatic N) is 3. The van der Waals surface area contributed by atoms with Crippen LogP contribution in [0.4, 0.5) is 10.5 Å². The van der Waals surface area contributed by atoms with Gasteiger partial charge in [0, 0.05) is 25.2 Å². The van der Waals surface area contributed by atoms with E-state index in [0.29, 0.717) is 5.56 Å². The van der Waals surface area contributed by atoms with E-state index < -0.39 is 39.7 Å². The molecule has 0 saturated carbocycles. The predicted octanol–water partition coefficient (Wildman–Crippen LogP) is 2.33. The number of benzene rings is 2. The Morgan fingerprint density at radius 1 is 1.19 bits per heavy atom. The van der Waals surface area contributed by atoms with Crippen LogP contribution in [0.5, 0.6) is 0 Å². The molecule has 32 heavy (non-hydrogen) atoms. The predicted molar refractivity (Wildman–Crippen MR) is 115 cm³/mol. The van der Waals surface area contributed by atoms with Crippen molar-refractivity contribution < 1.29 is 28.0 Å². The Hall–Kier alpha value is -3.28. The van der Waals surface area contributed by atoms with E-state index in [2.05, 4.69) is 6.58 Å². The molecule has 170 valence electrons. The molecule has 1 heterocycles. The zero-order chi connectivity index (χ0) is 23.3. The number of non-ortho nitro benzene ring substituents is 1. The monoisotopic (exact) mass is 461 g/mol. The van der Waals surface area contributed by atoms with Crippen molar-refractivity contribution in [1.29, 1.82) is 0 Å². The molecule has 1 aliphatic heterocycles. The molecule has 0 bridgehead atoms. The summed E-state index contributed by atoms with van der Waals surface area (Å²) in [6.45, 7) is 2.75. The van der Waals surface area contributed by atoms with Gasteiger partial charge in [0.1, 0.15) is 6.61 Å². The standard InChI is InChI=1S/C21H23N3O7S/c1-2-12-31-21(26)22-13-18(15-25)23(14-20(22)16-6-4-3-5-7-16)32(29,30)19-10-8-17(9-11-19)24(27)28/h2-11,18,20,25H,1,12-15H2/t18-,20+/m0/s1. The van der Waals surface area contributed by atoms with Crippen molar-refractivity contribution in [1.82, 2.24) is 9.21 Å². The maximum Gasteiger partial charge on any atom is 0.410 e. The second kappa shape index (κ2) is 9.90. The summed E-state index contributed by atoms with van der Waals surface area (Å²) in [5, 5.41) is 20.8. The van der Waals surface area contributed by atoms with Crippen LogP contribution in [0.2, 0.25) is 0 Å². The van der Waals surface area contributed by atoms with Gasteiger partial charge in [0.2, 0.25) is 10.0 Å². The van der Waals surface area contributed by atoms with Gasteiger partial charge in [-0.25, -0.2) is 13.2 Å². The third-order valence-electron chi connectivity index (χ3n) is 5.15. The normalized spacial score (nSPS) is 19.3. The Labute approximate surface area is 185 Å². The minimum atomic E-state index is -4.12. The Morgan fingerprint density at radius 3 is 2.41 bits per heavy atom. The van der Waals surface area contributed by atoms with E-state index in [1.165, 1.54) is 11.0 Å². The molecule has 2 aromatic carbocycles. The van der Waals surface area contributed by atoms with Crippen molar-refractivity contribution in [2.45, 2.75) is 17.0 Å². The second-order valence-corrected chi connectivity index (χ2v) is 9.00. The number of rotatable bonds is 7. The number of nitro groups is 1. The lowest BCUT2D eigenvalue weighted by molar-refractivity contribution is -0.384. The third-order valence-corrected chi connectivity index (χ3v) is 7.08. The van der Waals surface area contributed by atoms with Crippen LogP contribution in [-0.4, -0.2) is 66.1 Å². The first-order valence-corrected chi connectivity index (χ1v) is 11.2. The molecule has 11 heteroatoms. The van der Waals surface area contributed by atoms with Crippen LogP contribution in [0.3, 0.4) is 0 Å². The topological polar surface area (TPSA) is 130 Å². The first-order chi connectivity index (χ1) is 15.3. The fourth-order valence-corrected chi connectivity index (χ4v) is 5.17. The van der Waals surface area contributed by atoms with Crippen molar-refractivity contribution in [3.05, 3.63) is 82.9 Å². The lowest BCUT2D eigenvalue weighted by Crippen LogP contribution is -2.59. The molecule has 0 spiro atoms. The van der Waals surface area contributed by atoms with E-state index in [9.17, 15) is 28.4 Å². The van der Waals surface area contributed by atoms with Gasteiger partial charge in [0.25, 0.3) is 5.69 Å². The number of nitro benzene ring substituents is 1. The number of aliphatic hydroxyl groups is 1. The number of hydrogen-bond acceptors (Lipinski definition) is 7. The molecule has 1 fully saturated rings. The molecule has 1 aliphatic rings. The summed E-state index contributed by atoms with van der Waals surface area (Å²) >= 11 is 0. The molecular formula is C21H23N3O7S. The average Bonchev–Trinajstić information content (AvgIpc) is 2.82. The number of aliphatic hydroxyl groups excluding tert-OH is 1. The molecule has 3 rings (SSSR count). The quantitative estimate of drug-likeness (QED) is 0.380. The van der Waals surface area contributed by atoms with E-state index in [0.717, 1.165) is 28.6 Å². The number of piperazine rings is 1. The van der Waals surface area contributed by atoms with E-state index in [-0.39, 0.29) is 30.3 Å². The number of sulfonamides is 1. The number of carbonyl (C=O) groups is 1. The third kappa shape index (κ3) is 4.79. The smallest absolute Gasteiger partial charge is 0.410 e. The molecule has 2 aromatic rings. The molecular weight excluding hydrogens is 438 g/mol. The Morgan fingerprint density at radius 2 is 1.84 bits per heavy atom. The van der Waals surface area contributed by atoms with Crippen molar-refractivity contribution in [3.63, 3.8) is 0 Å².